The van der Waals surface area contributed by atoms with Crippen LogP contribution in [0.3, 0.4) is 0 Å². The van der Waals surface area contributed by atoms with Crippen LogP contribution in [0.4, 0.5) is 0 Å². The zero-order chi connectivity index (χ0) is 9.97. The van der Waals surface area contributed by atoms with E-state index in [2.05, 4.69) is 10.2 Å². The monoisotopic (exact) mass is 246 g/mol. The number of nitrogens with zero attached hydrogens (tertiary/aromatic N) is 2. The molecule has 0 aliphatic heterocycles. The Morgan fingerprint density at radius 1 is 1.57 bits per heavy atom. The topological polar surface area (TPSA) is 38.9 Å². The van der Waals surface area contributed by atoms with Gasteiger partial charge in [-0.25, -0.2) is 0 Å². The van der Waals surface area contributed by atoms with Gasteiger partial charge in [-0.3, -0.25) is 0 Å². The summed E-state index contributed by atoms with van der Waals surface area (Å²) in [6.45, 7) is 1.94. The summed E-state index contributed by atoms with van der Waals surface area (Å²) in [6, 6.07) is 1.95. The zero-order valence-corrected chi connectivity index (χ0v) is 9.75. The molecule has 0 radical (unpaired) electrons. The van der Waals surface area contributed by atoms with Crippen molar-refractivity contribution >= 4 is 34.7 Å². The molecule has 0 saturated heterocycles. The van der Waals surface area contributed by atoms with Gasteiger partial charge in [-0.05, 0) is 24.6 Å². The Bertz CT molecular complexity index is 426. The number of rotatable bonds is 3. The van der Waals surface area contributed by atoms with Crippen molar-refractivity contribution in [3.05, 3.63) is 27.6 Å². The number of hydrogen-bond donors (Lipinski definition) is 0. The molecule has 74 valence electrons. The highest BCUT2D eigenvalue weighted by molar-refractivity contribution is 7.98. The van der Waals surface area contributed by atoms with Gasteiger partial charge in [0, 0.05) is 4.90 Å². The molecule has 2 heterocycles. The summed E-state index contributed by atoms with van der Waals surface area (Å²) in [4.78, 5) is 1.14. The molecule has 14 heavy (non-hydrogen) atoms. The third kappa shape index (κ3) is 2.29. The second-order valence-electron chi connectivity index (χ2n) is 2.58. The number of thioether (sulfide) groups is 1. The fourth-order valence-corrected chi connectivity index (χ4v) is 2.77. The largest absolute Gasteiger partial charge is 0.468 e. The molecule has 0 unspecified atom stereocenters. The van der Waals surface area contributed by atoms with E-state index in [-0.39, 0.29) is 0 Å². The van der Waals surface area contributed by atoms with Crippen molar-refractivity contribution in [3.8, 4) is 0 Å². The standard InChI is InChI=1S/C8H7ClN2OS2/c1-5-6(2-3-12-5)13-4-7-10-11-8(9)14-7/h2-3H,4H2,1H3. The molecule has 0 atom stereocenters. The van der Waals surface area contributed by atoms with Crippen LogP contribution < -0.4 is 0 Å². The van der Waals surface area contributed by atoms with Gasteiger partial charge >= 0.3 is 0 Å². The molecule has 2 rings (SSSR count). The number of halogens is 1. The molecular weight excluding hydrogens is 240 g/mol. The number of aromatic nitrogens is 2. The van der Waals surface area contributed by atoms with Crippen LogP contribution >= 0.6 is 34.7 Å². The molecule has 0 aliphatic rings. The Morgan fingerprint density at radius 2 is 2.43 bits per heavy atom. The van der Waals surface area contributed by atoms with Crippen molar-refractivity contribution in [3.63, 3.8) is 0 Å². The maximum atomic E-state index is 5.67. The van der Waals surface area contributed by atoms with Gasteiger partial charge in [0.2, 0.25) is 4.47 Å². The Labute approximate surface area is 94.5 Å². The predicted octanol–water partition coefficient (Wildman–Crippen LogP) is 3.39. The minimum atomic E-state index is 0.490. The van der Waals surface area contributed by atoms with Gasteiger partial charge in [0.25, 0.3) is 0 Å². The lowest BCUT2D eigenvalue weighted by Gasteiger charge is -1.94. The number of aryl methyl sites for hydroxylation is 1. The van der Waals surface area contributed by atoms with E-state index in [1.165, 1.54) is 11.3 Å². The van der Waals surface area contributed by atoms with E-state index in [0.29, 0.717) is 4.47 Å². The van der Waals surface area contributed by atoms with Gasteiger partial charge in [0.1, 0.15) is 10.8 Å². The molecule has 0 bridgehead atoms. The Hall–Kier alpha value is -0.520. The molecule has 0 saturated carbocycles. The number of furan rings is 1. The zero-order valence-electron chi connectivity index (χ0n) is 7.36. The normalized spacial score (nSPS) is 10.7. The van der Waals surface area contributed by atoms with Crippen molar-refractivity contribution in [2.45, 2.75) is 17.6 Å². The van der Waals surface area contributed by atoms with Crippen LogP contribution in [0, 0.1) is 6.92 Å². The van der Waals surface area contributed by atoms with Crippen LogP contribution in [0.1, 0.15) is 10.8 Å². The van der Waals surface area contributed by atoms with Gasteiger partial charge in [-0.1, -0.05) is 11.3 Å². The average Bonchev–Trinajstić information content (AvgIpc) is 2.72. The van der Waals surface area contributed by atoms with Crippen LogP contribution in [-0.2, 0) is 5.75 Å². The predicted molar refractivity (Wildman–Crippen MR) is 57.9 cm³/mol. The smallest absolute Gasteiger partial charge is 0.207 e. The lowest BCUT2D eigenvalue weighted by molar-refractivity contribution is 0.527. The summed E-state index contributed by atoms with van der Waals surface area (Å²) in [5, 5.41) is 8.60. The second-order valence-corrected chi connectivity index (χ2v) is 5.24. The van der Waals surface area contributed by atoms with Gasteiger partial charge < -0.3 is 4.42 Å². The van der Waals surface area contributed by atoms with E-state index < -0.39 is 0 Å². The van der Waals surface area contributed by atoms with Gasteiger partial charge in [-0.15, -0.1) is 22.0 Å². The Morgan fingerprint density at radius 3 is 3.00 bits per heavy atom. The maximum Gasteiger partial charge on any atom is 0.207 e. The van der Waals surface area contributed by atoms with Crippen LogP contribution in [0.5, 0.6) is 0 Å². The van der Waals surface area contributed by atoms with Crippen LogP contribution in [0.25, 0.3) is 0 Å². The molecular formula is C8H7ClN2OS2. The summed E-state index contributed by atoms with van der Waals surface area (Å²) in [5.74, 6) is 1.72. The summed E-state index contributed by atoms with van der Waals surface area (Å²) >= 11 is 8.75. The summed E-state index contributed by atoms with van der Waals surface area (Å²) in [5.41, 5.74) is 0. The first kappa shape index (κ1) is 10.0. The average molecular weight is 247 g/mol. The lowest BCUT2D eigenvalue weighted by atomic mass is 10.5. The van der Waals surface area contributed by atoms with E-state index >= 15 is 0 Å². The van der Waals surface area contributed by atoms with E-state index in [0.717, 1.165) is 21.4 Å². The number of hydrogen-bond acceptors (Lipinski definition) is 5. The maximum absolute atomic E-state index is 5.67. The molecule has 0 fully saturated rings. The minimum Gasteiger partial charge on any atom is -0.468 e. The molecule has 0 spiro atoms. The quantitative estimate of drug-likeness (QED) is 0.779. The summed E-state index contributed by atoms with van der Waals surface area (Å²) in [7, 11) is 0. The highest BCUT2D eigenvalue weighted by atomic mass is 35.5. The molecule has 0 aliphatic carbocycles. The molecule has 0 aromatic carbocycles. The van der Waals surface area contributed by atoms with Crippen LogP contribution in [0.15, 0.2) is 21.6 Å². The van der Waals surface area contributed by atoms with Crippen LogP contribution in [-0.4, -0.2) is 10.2 Å². The SMILES string of the molecule is Cc1occc1SCc1nnc(Cl)s1. The highest BCUT2D eigenvalue weighted by Crippen LogP contribution is 2.28. The first-order valence-electron chi connectivity index (χ1n) is 3.90. The highest BCUT2D eigenvalue weighted by Gasteiger charge is 2.05. The van der Waals surface area contributed by atoms with Crippen molar-refractivity contribution in [1.29, 1.82) is 0 Å². The van der Waals surface area contributed by atoms with Crippen molar-refractivity contribution in [2.24, 2.45) is 0 Å². The van der Waals surface area contributed by atoms with Crippen molar-refractivity contribution < 1.29 is 4.42 Å². The van der Waals surface area contributed by atoms with Gasteiger partial charge in [0.05, 0.1) is 12.0 Å². The van der Waals surface area contributed by atoms with Gasteiger partial charge in [-0.2, -0.15) is 0 Å². The molecule has 2 aromatic heterocycles. The fourth-order valence-electron chi connectivity index (χ4n) is 0.954. The van der Waals surface area contributed by atoms with Gasteiger partial charge in [0.15, 0.2) is 0 Å². The molecule has 6 heteroatoms. The molecule has 0 amide bonds. The van der Waals surface area contributed by atoms with Crippen molar-refractivity contribution in [1.82, 2.24) is 10.2 Å². The fraction of sp³-hybridized carbons (Fsp3) is 0.250. The Kier molecular flexibility index (Phi) is 3.10. The summed E-state index contributed by atoms with van der Waals surface area (Å²) in [6.07, 6.45) is 1.69. The third-order valence-corrected chi connectivity index (χ3v) is 3.96. The lowest BCUT2D eigenvalue weighted by Crippen LogP contribution is -1.78. The van der Waals surface area contributed by atoms with E-state index in [1.54, 1.807) is 18.0 Å². The molecule has 2 aromatic rings. The van der Waals surface area contributed by atoms with Crippen LogP contribution in [0.2, 0.25) is 4.47 Å². The summed E-state index contributed by atoms with van der Waals surface area (Å²) < 4.78 is 5.67. The van der Waals surface area contributed by atoms with E-state index in [1.807, 2.05) is 13.0 Å². The third-order valence-electron chi connectivity index (χ3n) is 1.60. The second kappa shape index (κ2) is 4.33. The molecule has 3 nitrogen and oxygen atoms in total. The first-order valence-corrected chi connectivity index (χ1v) is 6.08. The van der Waals surface area contributed by atoms with E-state index in [9.17, 15) is 0 Å². The van der Waals surface area contributed by atoms with Crippen molar-refractivity contribution in [2.75, 3.05) is 0 Å². The minimum absolute atomic E-state index is 0.490. The Balaban J connectivity index is 1.98. The van der Waals surface area contributed by atoms with E-state index in [4.69, 9.17) is 16.0 Å². The molecule has 0 N–H and O–H groups in total. The first-order chi connectivity index (χ1) is 6.75.